The van der Waals surface area contributed by atoms with E-state index in [0.717, 1.165) is 64.5 Å². The van der Waals surface area contributed by atoms with Crippen LogP contribution in [0, 0.1) is 0 Å². The first-order valence-electron chi connectivity index (χ1n) is 12.9. The molecule has 0 saturated carbocycles. The van der Waals surface area contributed by atoms with E-state index in [1.165, 1.54) is 10.8 Å². The summed E-state index contributed by atoms with van der Waals surface area (Å²) < 4.78 is 10.6. The maximum Gasteiger partial charge on any atom is 0.235 e. The number of hydrogen-bond acceptors (Lipinski definition) is 4. The lowest BCUT2D eigenvalue weighted by Gasteiger charge is -2.10. The highest BCUT2D eigenvalue weighted by Gasteiger charge is 2.20. The van der Waals surface area contributed by atoms with Gasteiger partial charge in [-0.1, -0.05) is 84.9 Å². The van der Waals surface area contributed by atoms with Crippen LogP contribution in [0.15, 0.2) is 120 Å². The van der Waals surface area contributed by atoms with Crippen molar-refractivity contribution in [2.24, 2.45) is 0 Å². The van der Waals surface area contributed by atoms with Gasteiger partial charge in [-0.2, -0.15) is 0 Å². The Hall–Kier alpha value is -5.00. The van der Waals surface area contributed by atoms with Crippen molar-refractivity contribution in [1.82, 2.24) is 14.5 Å². The topological polar surface area (TPSA) is 43.9 Å². The Kier molecular flexibility index (Phi) is 4.18. The van der Waals surface area contributed by atoms with Gasteiger partial charge >= 0.3 is 0 Å². The molecule has 5 heteroatoms. The molecular formula is C34H19N3OS. The number of furan rings is 1. The number of benzene rings is 5. The normalized spacial score (nSPS) is 12.1. The molecule has 39 heavy (non-hydrogen) atoms. The number of thiophene rings is 1. The molecule has 4 aromatic heterocycles. The van der Waals surface area contributed by atoms with Crippen LogP contribution in [0.4, 0.5) is 0 Å². The van der Waals surface area contributed by atoms with E-state index < -0.39 is 0 Å². The van der Waals surface area contributed by atoms with E-state index in [0.29, 0.717) is 5.95 Å². The van der Waals surface area contributed by atoms with Gasteiger partial charge in [0.05, 0.1) is 26.9 Å². The molecule has 4 nitrogen and oxygen atoms in total. The van der Waals surface area contributed by atoms with Gasteiger partial charge in [0.15, 0.2) is 0 Å². The Balaban J connectivity index is 1.45. The van der Waals surface area contributed by atoms with E-state index in [4.69, 9.17) is 14.4 Å². The van der Waals surface area contributed by atoms with Crippen molar-refractivity contribution < 1.29 is 4.42 Å². The summed E-state index contributed by atoms with van der Waals surface area (Å²) in [5.41, 5.74) is 6.98. The fraction of sp³-hybridized carbons (Fsp3) is 0. The zero-order chi connectivity index (χ0) is 25.5. The van der Waals surface area contributed by atoms with Crippen LogP contribution < -0.4 is 0 Å². The van der Waals surface area contributed by atoms with Crippen LogP contribution in [0.1, 0.15) is 0 Å². The summed E-state index contributed by atoms with van der Waals surface area (Å²) in [5.74, 6) is 0.676. The standard InChI is InChI=1S/C34H19N3OS/c1-2-10-20(11-3-1)31-33-32(25-18-24-23-14-6-9-17-28(23)38-29(24)19-30(25)39-33)36-34(35-31)37-26-15-7-4-12-21(26)22-13-5-8-16-27(22)37/h1-19H. The lowest BCUT2D eigenvalue weighted by atomic mass is 10.1. The second-order valence-corrected chi connectivity index (χ2v) is 10.9. The average Bonchev–Trinajstić information content (AvgIpc) is 3.65. The summed E-state index contributed by atoms with van der Waals surface area (Å²) in [6, 6.07) is 40.0. The summed E-state index contributed by atoms with van der Waals surface area (Å²) >= 11 is 1.73. The molecule has 4 heterocycles. The summed E-state index contributed by atoms with van der Waals surface area (Å²) in [4.78, 5) is 10.6. The lowest BCUT2D eigenvalue weighted by Crippen LogP contribution is -2.02. The van der Waals surface area contributed by atoms with Crippen molar-refractivity contribution in [3.8, 4) is 17.2 Å². The van der Waals surface area contributed by atoms with E-state index in [2.05, 4.69) is 102 Å². The Morgan fingerprint density at radius 1 is 0.564 bits per heavy atom. The average molecular weight is 518 g/mol. The second kappa shape index (κ2) is 7.76. The molecule has 0 radical (unpaired) electrons. The van der Waals surface area contributed by atoms with E-state index in [1.807, 2.05) is 18.2 Å². The first-order valence-corrected chi connectivity index (χ1v) is 13.7. The summed E-state index contributed by atoms with van der Waals surface area (Å²) in [6.07, 6.45) is 0. The van der Waals surface area contributed by atoms with Crippen molar-refractivity contribution in [2.75, 3.05) is 0 Å². The van der Waals surface area contributed by atoms with E-state index in [-0.39, 0.29) is 0 Å². The third kappa shape index (κ3) is 2.93. The number of fused-ring (bicyclic) bond motifs is 9. The molecule has 5 aromatic carbocycles. The van der Waals surface area contributed by atoms with Crippen LogP contribution in [0.3, 0.4) is 0 Å². The predicted octanol–water partition coefficient (Wildman–Crippen LogP) is 9.51. The van der Waals surface area contributed by atoms with Crippen LogP contribution in [0.5, 0.6) is 0 Å². The molecule has 9 rings (SSSR count). The monoisotopic (exact) mass is 517 g/mol. The van der Waals surface area contributed by atoms with Crippen molar-refractivity contribution in [3.05, 3.63) is 115 Å². The third-order valence-electron chi connectivity index (χ3n) is 7.63. The van der Waals surface area contributed by atoms with Gasteiger partial charge in [0.1, 0.15) is 11.2 Å². The molecule has 0 atom stereocenters. The quantitative estimate of drug-likeness (QED) is 0.229. The zero-order valence-corrected chi connectivity index (χ0v) is 21.4. The van der Waals surface area contributed by atoms with Crippen molar-refractivity contribution >= 4 is 75.4 Å². The summed E-state index contributed by atoms with van der Waals surface area (Å²) in [6.45, 7) is 0. The SMILES string of the molecule is c1ccc(-c2nc(-n3c4ccccc4c4ccccc43)nc3c2sc2cc4oc5ccccc5c4cc23)cc1. The first kappa shape index (κ1) is 21.0. The van der Waals surface area contributed by atoms with Gasteiger partial charge in [-0.25, -0.2) is 9.97 Å². The summed E-state index contributed by atoms with van der Waals surface area (Å²) in [5, 5.41) is 5.74. The molecule has 0 saturated heterocycles. The molecule has 0 aliphatic rings. The van der Waals surface area contributed by atoms with Gasteiger partial charge in [0.25, 0.3) is 0 Å². The number of hydrogen-bond donors (Lipinski definition) is 0. The molecule has 0 unspecified atom stereocenters. The van der Waals surface area contributed by atoms with E-state index in [9.17, 15) is 0 Å². The van der Waals surface area contributed by atoms with Crippen LogP contribution in [0.25, 0.3) is 81.3 Å². The Labute approximate surface area is 226 Å². The Bertz CT molecular complexity index is 2340. The second-order valence-electron chi connectivity index (χ2n) is 9.83. The van der Waals surface area contributed by atoms with Gasteiger partial charge in [-0.05, 0) is 30.3 Å². The highest BCUT2D eigenvalue weighted by molar-refractivity contribution is 7.26. The van der Waals surface area contributed by atoms with E-state index >= 15 is 0 Å². The molecule has 0 bridgehead atoms. The molecule has 0 aliphatic carbocycles. The number of rotatable bonds is 2. The maximum absolute atomic E-state index is 6.22. The Morgan fingerprint density at radius 2 is 1.23 bits per heavy atom. The molecule has 182 valence electrons. The van der Waals surface area contributed by atoms with Crippen molar-refractivity contribution in [3.63, 3.8) is 0 Å². The minimum atomic E-state index is 0.676. The lowest BCUT2D eigenvalue weighted by molar-refractivity contribution is 0.669. The molecule has 9 aromatic rings. The van der Waals surface area contributed by atoms with Crippen molar-refractivity contribution in [1.29, 1.82) is 0 Å². The van der Waals surface area contributed by atoms with Gasteiger partial charge in [0, 0.05) is 37.2 Å². The third-order valence-corrected chi connectivity index (χ3v) is 8.78. The van der Waals surface area contributed by atoms with Gasteiger partial charge in [-0.3, -0.25) is 4.57 Å². The van der Waals surface area contributed by atoms with Crippen LogP contribution in [-0.2, 0) is 0 Å². The molecule has 0 spiro atoms. The van der Waals surface area contributed by atoms with Gasteiger partial charge < -0.3 is 4.42 Å². The molecule has 0 aliphatic heterocycles. The van der Waals surface area contributed by atoms with Crippen LogP contribution >= 0.6 is 11.3 Å². The fourth-order valence-corrected chi connectivity index (χ4v) is 7.04. The van der Waals surface area contributed by atoms with Gasteiger partial charge in [-0.15, -0.1) is 11.3 Å². The minimum Gasteiger partial charge on any atom is -0.456 e. The van der Waals surface area contributed by atoms with Crippen LogP contribution in [0.2, 0.25) is 0 Å². The summed E-state index contributed by atoms with van der Waals surface area (Å²) in [7, 11) is 0. The highest BCUT2D eigenvalue weighted by atomic mass is 32.1. The highest BCUT2D eigenvalue weighted by Crippen LogP contribution is 2.42. The van der Waals surface area contributed by atoms with Crippen LogP contribution in [-0.4, -0.2) is 14.5 Å². The number of nitrogens with zero attached hydrogens (tertiary/aromatic N) is 3. The Morgan fingerprint density at radius 3 is 2.00 bits per heavy atom. The molecule has 0 amide bonds. The predicted molar refractivity (Wildman–Crippen MR) is 162 cm³/mol. The van der Waals surface area contributed by atoms with Gasteiger partial charge in [0.2, 0.25) is 5.95 Å². The zero-order valence-electron chi connectivity index (χ0n) is 20.6. The minimum absolute atomic E-state index is 0.676. The maximum atomic E-state index is 6.22. The fourth-order valence-electron chi connectivity index (χ4n) is 5.88. The van der Waals surface area contributed by atoms with E-state index in [1.54, 1.807) is 11.3 Å². The first-order chi connectivity index (χ1) is 19.3. The van der Waals surface area contributed by atoms with Crippen molar-refractivity contribution in [2.45, 2.75) is 0 Å². The molecular weight excluding hydrogens is 498 g/mol. The molecule has 0 fully saturated rings. The largest absolute Gasteiger partial charge is 0.456 e. The smallest absolute Gasteiger partial charge is 0.235 e. The number of para-hydroxylation sites is 3. The molecule has 0 N–H and O–H groups in total. The number of aromatic nitrogens is 3.